The Kier molecular flexibility index (Phi) is 5.02. The van der Waals surface area contributed by atoms with Crippen LogP contribution in [0.4, 0.5) is 15.8 Å². The fraction of sp³-hybridized carbons (Fsp3) is 0.455. The zero-order valence-electron chi connectivity index (χ0n) is 9.13. The van der Waals surface area contributed by atoms with Crippen LogP contribution in [-0.2, 0) is 0 Å². The lowest BCUT2D eigenvalue weighted by molar-refractivity contribution is 0.164. The fourth-order valence-corrected chi connectivity index (χ4v) is 1.64. The highest BCUT2D eigenvalue weighted by molar-refractivity contribution is 9.10. The summed E-state index contributed by atoms with van der Waals surface area (Å²) in [7, 11) is 0. The number of aliphatic hydroxyl groups excluding tert-OH is 1. The van der Waals surface area contributed by atoms with Crippen molar-refractivity contribution in [3.63, 3.8) is 0 Å². The number of aliphatic hydroxyl groups is 1. The second-order valence-electron chi connectivity index (χ2n) is 3.63. The van der Waals surface area contributed by atoms with Crippen molar-refractivity contribution in [3.8, 4) is 0 Å². The monoisotopic (exact) mass is 290 g/mol. The molecule has 90 valence electrons. The van der Waals surface area contributed by atoms with Crippen LogP contribution in [0, 0.1) is 5.82 Å². The average Bonchev–Trinajstić information content (AvgIpc) is 2.25. The molecule has 0 bridgehead atoms. The van der Waals surface area contributed by atoms with Crippen LogP contribution in [0.3, 0.4) is 0 Å². The molecular weight excluding hydrogens is 275 g/mol. The van der Waals surface area contributed by atoms with Gasteiger partial charge < -0.3 is 16.2 Å². The van der Waals surface area contributed by atoms with Gasteiger partial charge in [0.05, 0.1) is 22.0 Å². The van der Waals surface area contributed by atoms with Crippen LogP contribution in [0.25, 0.3) is 0 Å². The van der Waals surface area contributed by atoms with Crippen LogP contribution in [0.5, 0.6) is 0 Å². The molecule has 1 rings (SSSR count). The number of halogens is 2. The summed E-state index contributed by atoms with van der Waals surface area (Å²) < 4.78 is 13.4. The van der Waals surface area contributed by atoms with Gasteiger partial charge in [0.15, 0.2) is 0 Å². The Hall–Kier alpha value is -0.810. The minimum absolute atomic E-state index is 0.308. The number of hydrogen-bond donors (Lipinski definition) is 3. The van der Waals surface area contributed by atoms with E-state index in [0.29, 0.717) is 28.8 Å². The Bertz CT molecular complexity index is 360. The Morgan fingerprint density at radius 1 is 1.56 bits per heavy atom. The number of rotatable bonds is 5. The first-order valence-corrected chi connectivity index (χ1v) is 6.00. The number of nitrogens with two attached hydrogens (primary N) is 1. The second kappa shape index (κ2) is 6.06. The maximum absolute atomic E-state index is 13.1. The standard InChI is InChI=1S/C11H16BrFN2O/c1-2-7(16)3-4-15-11-5-8(12)9(13)6-10(11)14/h5-7,15-16H,2-4,14H2,1H3. The average molecular weight is 291 g/mol. The van der Waals surface area contributed by atoms with Crippen LogP contribution in [0.15, 0.2) is 16.6 Å². The van der Waals surface area contributed by atoms with Gasteiger partial charge in [-0.25, -0.2) is 4.39 Å². The van der Waals surface area contributed by atoms with Crippen molar-refractivity contribution in [2.45, 2.75) is 25.9 Å². The predicted molar refractivity (Wildman–Crippen MR) is 67.9 cm³/mol. The summed E-state index contributed by atoms with van der Waals surface area (Å²) >= 11 is 3.09. The number of hydrogen-bond acceptors (Lipinski definition) is 3. The molecule has 16 heavy (non-hydrogen) atoms. The number of benzene rings is 1. The highest BCUT2D eigenvalue weighted by Gasteiger charge is 2.06. The van der Waals surface area contributed by atoms with Crippen LogP contribution >= 0.6 is 15.9 Å². The van der Waals surface area contributed by atoms with E-state index in [1.165, 1.54) is 6.07 Å². The maximum Gasteiger partial charge on any atom is 0.139 e. The highest BCUT2D eigenvalue weighted by Crippen LogP contribution is 2.26. The topological polar surface area (TPSA) is 58.3 Å². The molecule has 0 radical (unpaired) electrons. The number of nitrogens with one attached hydrogen (secondary N) is 1. The minimum Gasteiger partial charge on any atom is -0.397 e. The molecule has 0 aliphatic rings. The van der Waals surface area contributed by atoms with Gasteiger partial charge in [-0.3, -0.25) is 0 Å². The van der Waals surface area contributed by atoms with E-state index in [1.807, 2.05) is 6.92 Å². The summed E-state index contributed by atoms with van der Waals surface area (Å²) in [5, 5.41) is 12.4. The second-order valence-corrected chi connectivity index (χ2v) is 4.49. The smallest absolute Gasteiger partial charge is 0.139 e. The third kappa shape index (κ3) is 3.64. The summed E-state index contributed by atoms with van der Waals surface area (Å²) in [5.41, 5.74) is 6.70. The summed E-state index contributed by atoms with van der Waals surface area (Å²) in [4.78, 5) is 0. The van der Waals surface area contributed by atoms with Gasteiger partial charge in [-0.15, -0.1) is 0 Å². The molecule has 4 N–H and O–H groups in total. The van der Waals surface area contributed by atoms with Gasteiger partial charge >= 0.3 is 0 Å². The molecule has 0 aliphatic heterocycles. The van der Waals surface area contributed by atoms with E-state index in [4.69, 9.17) is 5.73 Å². The van der Waals surface area contributed by atoms with Gasteiger partial charge in [-0.2, -0.15) is 0 Å². The summed E-state index contributed by atoms with van der Waals surface area (Å²) in [6.07, 6.45) is 1.06. The Morgan fingerprint density at radius 3 is 2.88 bits per heavy atom. The molecule has 0 aromatic heterocycles. The molecule has 5 heteroatoms. The van der Waals surface area contributed by atoms with Crippen molar-refractivity contribution >= 4 is 27.3 Å². The molecule has 0 heterocycles. The molecule has 0 fully saturated rings. The van der Waals surface area contributed by atoms with Crippen molar-refractivity contribution in [2.75, 3.05) is 17.6 Å². The quantitative estimate of drug-likeness (QED) is 0.731. The molecule has 0 aliphatic carbocycles. The lowest BCUT2D eigenvalue weighted by atomic mass is 10.2. The summed E-state index contributed by atoms with van der Waals surface area (Å²) in [6, 6.07) is 2.87. The van der Waals surface area contributed by atoms with Gasteiger partial charge in [-0.1, -0.05) is 6.92 Å². The Balaban J connectivity index is 2.57. The lowest BCUT2D eigenvalue weighted by Crippen LogP contribution is -2.13. The van der Waals surface area contributed by atoms with Gasteiger partial charge in [-0.05, 0) is 34.8 Å². The van der Waals surface area contributed by atoms with E-state index in [1.54, 1.807) is 6.07 Å². The van der Waals surface area contributed by atoms with E-state index in [2.05, 4.69) is 21.2 Å². The van der Waals surface area contributed by atoms with Gasteiger partial charge in [0, 0.05) is 12.6 Å². The molecule has 0 saturated heterocycles. The minimum atomic E-state index is -0.378. The third-order valence-electron chi connectivity index (χ3n) is 2.36. The summed E-state index contributed by atoms with van der Waals surface area (Å²) in [5.74, 6) is -0.378. The van der Waals surface area contributed by atoms with Crippen LogP contribution in [0.1, 0.15) is 19.8 Å². The van der Waals surface area contributed by atoms with Gasteiger partial charge in [0.1, 0.15) is 5.82 Å². The molecule has 1 aromatic carbocycles. The SMILES string of the molecule is CCC(O)CCNc1cc(Br)c(F)cc1N. The third-order valence-corrected chi connectivity index (χ3v) is 2.96. The molecule has 1 atom stereocenters. The van der Waals surface area contributed by atoms with E-state index >= 15 is 0 Å². The van der Waals surface area contributed by atoms with Crippen LogP contribution in [0.2, 0.25) is 0 Å². The molecule has 0 saturated carbocycles. The largest absolute Gasteiger partial charge is 0.397 e. The summed E-state index contributed by atoms with van der Waals surface area (Å²) in [6.45, 7) is 2.53. The van der Waals surface area contributed by atoms with Gasteiger partial charge in [0.25, 0.3) is 0 Å². The fourth-order valence-electron chi connectivity index (χ4n) is 1.29. The maximum atomic E-state index is 13.1. The molecule has 3 nitrogen and oxygen atoms in total. The van der Waals surface area contributed by atoms with Crippen molar-refractivity contribution in [1.82, 2.24) is 0 Å². The molecular formula is C11H16BrFN2O. The first-order chi connectivity index (χ1) is 7.54. The van der Waals surface area contributed by atoms with Crippen molar-refractivity contribution in [3.05, 3.63) is 22.4 Å². The van der Waals surface area contributed by atoms with E-state index in [0.717, 1.165) is 6.42 Å². The van der Waals surface area contributed by atoms with E-state index in [9.17, 15) is 9.50 Å². The molecule has 1 aromatic rings. The number of anilines is 2. The number of nitrogen functional groups attached to an aromatic ring is 1. The van der Waals surface area contributed by atoms with Crippen molar-refractivity contribution in [2.24, 2.45) is 0 Å². The van der Waals surface area contributed by atoms with E-state index in [-0.39, 0.29) is 11.9 Å². The van der Waals surface area contributed by atoms with Gasteiger partial charge in [0.2, 0.25) is 0 Å². The zero-order chi connectivity index (χ0) is 12.1. The van der Waals surface area contributed by atoms with Crippen molar-refractivity contribution < 1.29 is 9.50 Å². The molecule has 0 spiro atoms. The van der Waals surface area contributed by atoms with Crippen LogP contribution in [-0.4, -0.2) is 17.8 Å². The van der Waals surface area contributed by atoms with Crippen LogP contribution < -0.4 is 11.1 Å². The Morgan fingerprint density at radius 2 is 2.25 bits per heavy atom. The molecule has 0 amide bonds. The first kappa shape index (κ1) is 13.3. The zero-order valence-corrected chi connectivity index (χ0v) is 10.7. The lowest BCUT2D eigenvalue weighted by Gasteiger charge is -2.12. The normalized spacial score (nSPS) is 12.5. The Labute approximate surface area is 103 Å². The molecule has 1 unspecified atom stereocenters. The highest BCUT2D eigenvalue weighted by atomic mass is 79.9. The first-order valence-electron chi connectivity index (χ1n) is 5.21. The predicted octanol–water partition coefficient (Wildman–Crippen LogP) is 2.74. The van der Waals surface area contributed by atoms with E-state index < -0.39 is 0 Å². The van der Waals surface area contributed by atoms with Crippen molar-refractivity contribution in [1.29, 1.82) is 0 Å².